The quantitative estimate of drug-likeness (QED) is 0.776. The van der Waals surface area contributed by atoms with Crippen molar-refractivity contribution in [2.45, 2.75) is 19.3 Å². The van der Waals surface area contributed by atoms with Gasteiger partial charge in [-0.2, -0.15) is 0 Å². The van der Waals surface area contributed by atoms with E-state index < -0.39 is 0 Å². The number of amides is 1. The van der Waals surface area contributed by atoms with E-state index in [1.165, 1.54) is 24.9 Å². The molecule has 0 atom stereocenters. The number of benzene rings is 1. The molecule has 1 heterocycles. The number of hydrogen-bond acceptors (Lipinski definition) is 4. The normalized spacial score (nSPS) is 15.2. The van der Waals surface area contributed by atoms with E-state index in [1.807, 2.05) is 24.3 Å². The number of ether oxygens (including phenoxy) is 1. The predicted octanol–water partition coefficient (Wildman–Crippen LogP) is 1.62. The fraction of sp³-hybridized carbons (Fsp3) is 0.533. The second-order valence-corrected chi connectivity index (χ2v) is 4.92. The van der Waals surface area contributed by atoms with Crippen molar-refractivity contribution in [1.82, 2.24) is 0 Å². The van der Waals surface area contributed by atoms with Gasteiger partial charge < -0.3 is 20.1 Å². The van der Waals surface area contributed by atoms with E-state index in [4.69, 9.17) is 9.84 Å². The van der Waals surface area contributed by atoms with Crippen LogP contribution in [-0.4, -0.2) is 43.9 Å². The lowest BCUT2D eigenvalue weighted by atomic mass is 10.1. The summed E-state index contributed by atoms with van der Waals surface area (Å²) in [6.07, 6.45) is 3.82. The molecule has 5 heteroatoms. The molecule has 0 aliphatic carbocycles. The Bertz CT molecular complexity index is 414. The molecule has 2 rings (SSSR count). The van der Waals surface area contributed by atoms with E-state index in [-0.39, 0.29) is 25.7 Å². The summed E-state index contributed by atoms with van der Waals surface area (Å²) in [4.78, 5) is 13.9. The molecule has 0 saturated carbocycles. The number of piperidine rings is 1. The first kappa shape index (κ1) is 14.8. The molecule has 20 heavy (non-hydrogen) atoms. The number of anilines is 2. The van der Waals surface area contributed by atoms with Crippen LogP contribution in [0.4, 0.5) is 11.4 Å². The van der Waals surface area contributed by atoms with Gasteiger partial charge in [-0.15, -0.1) is 0 Å². The van der Waals surface area contributed by atoms with E-state index in [9.17, 15) is 4.79 Å². The van der Waals surface area contributed by atoms with Gasteiger partial charge in [0.25, 0.3) is 0 Å². The van der Waals surface area contributed by atoms with Gasteiger partial charge in [-0.25, -0.2) is 0 Å². The highest BCUT2D eigenvalue weighted by Gasteiger charge is 2.10. The Morgan fingerprint density at radius 1 is 1.20 bits per heavy atom. The molecule has 1 fully saturated rings. The topological polar surface area (TPSA) is 61.8 Å². The number of aliphatic hydroxyl groups is 1. The second kappa shape index (κ2) is 7.87. The number of carbonyl (C=O) groups is 1. The van der Waals surface area contributed by atoms with Crippen LogP contribution in [0, 0.1) is 0 Å². The third-order valence-corrected chi connectivity index (χ3v) is 3.34. The highest BCUT2D eigenvalue weighted by Crippen LogP contribution is 2.21. The summed E-state index contributed by atoms with van der Waals surface area (Å²) in [5.41, 5.74) is 1.97. The molecular formula is C15H22N2O3. The molecule has 1 aliphatic rings. The average molecular weight is 278 g/mol. The molecule has 1 aromatic carbocycles. The fourth-order valence-electron chi connectivity index (χ4n) is 2.33. The zero-order valence-electron chi connectivity index (χ0n) is 11.7. The number of nitrogens with one attached hydrogen (secondary N) is 1. The Kier molecular flexibility index (Phi) is 5.83. The van der Waals surface area contributed by atoms with E-state index >= 15 is 0 Å². The molecule has 1 aromatic rings. The molecule has 5 nitrogen and oxygen atoms in total. The van der Waals surface area contributed by atoms with Gasteiger partial charge in [0.1, 0.15) is 6.61 Å². The standard InChI is InChI=1S/C15H22N2O3/c18-10-11-20-12-15(19)16-13-4-6-14(7-5-13)17-8-2-1-3-9-17/h4-7,18H,1-3,8-12H2,(H,16,19). The Hall–Kier alpha value is -1.59. The molecule has 1 amide bonds. The summed E-state index contributed by atoms with van der Waals surface area (Å²) in [5.74, 6) is -0.204. The van der Waals surface area contributed by atoms with Crippen molar-refractivity contribution in [3.63, 3.8) is 0 Å². The van der Waals surface area contributed by atoms with Crippen molar-refractivity contribution in [3.8, 4) is 0 Å². The summed E-state index contributed by atoms with van der Waals surface area (Å²) in [7, 11) is 0. The van der Waals surface area contributed by atoms with E-state index in [0.717, 1.165) is 18.8 Å². The predicted molar refractivity (Wildman–Crippen MR) is 79.0 cm³/mol. The molecule has 0 spiro atoms. The second-order valence-electron chi connectivity index (χ2n) is 4.92. The van der Waals surface area contributed by atoms with Gasteiger partial charge in [0, 0.05) is 24.5 Å². The number of aliphatic hydroxyl groups excluding tert-OH is 1. The monoisotopic (exact) mass is 278 g/mol. The lowest BCUT2D eigenvalue weighted by molar-refractivity contribution is -0.120. The minimum atomic E-state index is -0.204. The minimum Gasteiger partial charge on any atom is -0.394 e. The lowest BCUT2D eigenvalue weighted by Crippen LogP contribution is -2.29. The fourth-order valence-corrected chi connectivity index (χ4v) is 2.33. The Balaban J connectivity index is 1.83. The first-order valence-electron chi connectivity index (χ1n) is 7.13. The molecular weight excluding hydrogens is 256 g/mol. The average Bonchev–Trinajstić information content (AvgIpc) is 2.49. The Morgan fingerprint density at radius 3 is 2.55 bits per heavy atom. The van der Waals surface area contributed by atoms with Crippen molar-refractivity contribution in [1.29, 1.82) is 0 Å². The van der Waals surface area contributed by atoms with Gasteiger partial charge >= 0.3 is 0 Å². The van der Waals surface area contributed by atoms with Crippen LogP contribution in [0.15, 0.2) is 24.3 Å². The van der Waals surface area contributed by atoms with Gasteiger partial charge in [0.15, 0.2) is 0 Å². The van der Waals surface area contributed by atoms with Crippen molar-refractivity contribution < 1.29 is 14.6 Å². The summed E-state index contributed by atoms with van der Waals surface area (Å²) >= 11 is 0. The maximum absolute atomic E-state index is 11.5. The Labute approximate surface area is 119 Å². The third-order valence-electron chi connectivity index (χ3n) is 3.34. The Morgan fingerprint density at radius 2 is 1.90 bits per heavy atom. The van der Waals surface area contributed by atoms with Crippen LogP contribution in [0.1, 0.15) is 19.3 Å². The van der Waals surface area contributed by atoms with Crippen molar-refractivity contribution in [2.24, 2.45) is 0 Å². The zero-order valence-corrected chi connectivity index (χ0v) is 11.7. The highest BCUT2D eigenvalue weighted by molar-refractivity contribution is 5.91. The first-order valence-corrected chi connectivity index (χ1v) is 7.13. The lowest BCUT2D eigenvalue weighted by Gasteiger charge is -2.28. The highest BCUT2D eigenvalue weighted by atomic mass is 16.5. The van der Waals surface area contributed by atoms with Crippen LogP contribution < -0.4 is 10.2 Å². The molecule has 0 bridgehead atoms. The van der Waals surface area contributed by atoms with Crippen LogP contribution >= 0.6 is 0 Å². The van der Waals surface area contributed by atoms with Gasteiger partial charge in [-0.1, -0.05) is 0 Å². The molecule has 2 N–H and O–H groups in total. The summed E-state index contributed by atoms with van der Waals surface area (Å²) < 4.78 is 4.97. The number of carbonyl (C=O) groups excluding carboxylic acids is 1. The maximum atomic E-state index is 11.5. The summed E-state index contributed by atoms with van der Waals surface area (Å²) in [5, 5.41) is 11.3. The maximum Gasteiger partial charge on any atom is 0.250 e. The van der Waals surface area contributed by atoms with E-state index in [0.29, 0.717) is 0 Å². The molecule has 1 aliphatic heterocycles. The number of nitrogens with zero attached hydrogens (tertiary/aromatic N) is 1. The molecule has 1 saturated heterocycles. The number of rotatable bonds is 6. The van der Waals surface area contributed by atoms with Crippen LogP contribution in [0.3, 0.4) is 0 Å². The summed E-state index contributed by atoms with van der Waals surface area (Å²) in [6, 6.07) is 7.90. The largest absolute Gasteiger partial charge is 0.394 e. The van der Waals surface area contributed by atoms with Crippen LogP contribution in [0.5, 0.6) is 0 Å². The third kappa shape index (κ3) is 4.51. The molecule has 0 aromatic heterocycles. The van der Waals surface area contributed by atoms with Gasteiger partial charge in [-0.3, -0.25) is 4.79 Å². The summed E-state index contributed by atoms with van der Waals surface area (Å²) in [6.45, 7) is 2.30. The van der Waals surface area contributed by atoms with Gasteiger partial charge in [0.05, 0.1) is 13.2 Å². The van der Waals surface area contributed by atoms with Crippen molar-refractivity contribution >= 4 is 17.3 Å². The SMILES string of the molecule is O=C(COCCO)Nc1ccc(N2CCCCC2)cc1. The zero-order chi connectivity index (χ0) is 14.2. The van der Waals surface area contributed by atoms with Crippen LogP contribution in [0.25, 0.3) is 0 Å². The van der Waals surface area contributed by atoms with Crippen molar-refractivity contribution in [3.05, 3.63) is 24.3 Å². The molecule has 0 unspecified atom stereocenters. The van der Waals surface area contributed by atoms with Gasteiger partial charge in [-0.05, 0) is 43.5 Å². The van der Waals surface area contributed by atoms with Gasteiger partial charge in [0.2, 0.25) is 5.91 Å². The smallest absolute Gasteiger partial charge is 0.250 e. The van der Waals surface area contributed by atoms with Crippen LogP contribution in [0.2, 0.25) is 0 Å². The first-order chi connectivity index (χ1) is 9.79. The minimum absolute atomic E-state index is 0.0333. The van der Waals surface area contributed by atoms with E-state index in [2.05, 4.69) is 10.2 Å². The van der Waals surface area contributed by atoms with Crippen LogP contribution in [-0.2, 0) is 9.53 Å². The molecule has 110 valence electrons. The van der Waals surface area contributed by atoms with Crippen molar-refractivity contribution in [2.75, 3.05) is 43.1 Å². The number of hydrogen-bond donors (Lipinski definition) is 2. The molecule has 0 radical (unpaired) electrons. The van der Waals surface area contributed by atoms with E-state index in [1.54, 1.807) is 0 Å².